The topological polar surface area (TPSA) is 30.0 Å². The average Bonchev–Trinajstić information content (AvgIpc) is 2.86. The third-order valence-electron chi connectivity index (χ3n) is 3.73. The van der Waals surface area contributed by atoms with Gasteiger partial charge < -0.3 is 0 Å². The van der Waals surface area contributed by atoms with Crippen LogP contribution < -0.4 is 0 Å². The molecular formula is C16H13Cl2NO. The highest BCUT2D eigenvalue weighted by Gasteiger charge is 2.29. The van der Waals surface area contributed by atoms with Crippen molar-refractivity contribution in [1.82, 2.24) is 4.98 Å². The molecule has 2 nitrogen and oxygen atoms in total. The molecule has 4 heteroatoms. The van der Waals surface area contributed by atoms with E-state index in [1.54, 1.807) is 18.3 Å². The summed E-state index contributed by atoms with van der Waals surface area (Å²) in [6.07, 6.45) is 3.85. The molecular weight excluding hydrogens is 293 g/mol. The van der Waals surface area contributed by atoms with Gasteiger partial charge in [0.25, 0.3) is 0 Å². The number of benzene rings is 1. The van der Waals surface area contributed by atoms with Crippen molar-refractivity contribution in [1.29, 1.82) is 0 Å². The lowest BCUT2D eigenvalue weighted by atomic mass is 9.95. The van der Waals surface area contributed by atoms with Gasteiger partial charge in [-0.05, 0) is 42.2 Å². The van der Waals surface area contributed by atoms with E-state index in [1.807, 2.05) is 18.2 Å². The van der Waals surface area contributed by atoms with Crippen molar-refractivity contribution in [3.05, 3.63) is 63.4 Å². The van der Waals surface area contributed by atoms with E-state index in [0.29, 0.717) is 16.5 Å². The minimum absolute atomic E-state index is 0.0991. The molecule has 0 amide bonds. The van der Waals surface area contributed by atoms with E-state index in [9.17, 15) is 4.79 Å². The number of ketones is 1. The van der Waals surface area contributed by atoms with Gasteiger partial charge in [0.2, 0.25) is 0 Å². The summed E-state index contributed by atoms with van der Waals surface area (Å²) in [6.45, 7) is 0. The van der Waals surface area contributed by atoms with Crippen LogP contribution in [-0.4, -0.2) is 10.8 Å². The lowest BCUT2D eigenvalue weighted by Crippen LogP contribution is -2.13. The zero-order chi connectivity index (χ0) is 14.1. The van der Waals surface area contributed by atoms with Crippen LogP contribution in [0.15, 0.2) is 36.5 Å². The van der Waals surface area contributed by atoms with Gasteiger partial charge in [0.15, 0.2) is 0 Å². The van der Waals surface area contributed by atoms with Crippen LogP contribution in [0, 0.1) is 0 Å². The summed E-state index contributed by atoms with van der Waals surface area (Å²) in [5.74, 6) is 0.0737. The third-order valence-corrected chi connectivity index (χ3v) is 4.31. The van der Waals surface area contributed by atoms with Crippen LogP contribution in [-0.2, 0) is 17.6 Å². The van der Waals surface area contributed by atoms with Crippen molar-refractivity contribution >= 4 is 29.0 Å². The Kier molecular flexibility index (Phi) is 3.77. The van der Waals surface area contributed by atoms with Gasteiger partial charge in [0, 0.05) is 22.7 Å². The monoisotopic (exact) mass is 305 g/mol. The largest absolute Gasteiger partial charge is 0.299 e. The van der Waals surface area contributed by atoms with E-state index in [2.05, 4.69) is 4.98 Å². The fraction of sp³-hybridized carbons (Fsp3) is 0.250. The van der Waals surface area contributed by atoms with Gasteiger partial charge in [-0.3, -0.25) is 9.78 Å². The maximum atomic E-state index is 12.5. The Labute approximate surface area is 127 Å². The molecule has 102 valence electrons. The van der Waals surface area contributed by atoms with E-state index >= 15 is 0 Å². The SMILES string of the molecule is O=C(Cc1ccc(Cl)cc1Cl)C1CCc2cccnc21. The van der Waals surface area contributed by atoms with E-state index in [-0.39, 0.29) is 11.7 Å². The summed E-state index contributed by atoms with van der Waals surface area (Å²) in [5.41, 5.74) is 2.95. The smallest absolute Gasteiger partial charge is 0.146 e. The first kappa shape index (κ1) is 13.6. The number of hydrogen-bond donors (Lipinski definition) is 0. The van der Waals surface area contributed by atoms with E-state index < -0.39 is 0 Å². The molecule has 1 aliphatic rings. The number of fused-ring (bicyclic) bond motifs is 1. The van der Waals surface area contributed by atoms with Crippen molar-refractivity contribution in [2.45, 2.75) is 25.2 Å². The molecule has 0 spiro atoms. The lowest BCUT2D eigenvalue weighted by molar-refractivity contribution is -0.119. The van der Waals surface area contributed by atoms with Crippen molar-refractivity contribution in [3.8, 4) is 0 Å². The maximum Gasteiger partial charge on any atom is 0.146 e. The molecule has 0 fully saturated rings. The third kappa shape index (κ3) is 2.58. The zero-order valence-electron chi connectivity index (χ0n) is 10.8. The first-order valence-corrected chi connectivity index (χ1v) is 7.31. The Bertz CT molecular complexity index is 669. The number of aryl methyl sites for hydroxylation is 1. The fourth-order valence-corrected chi connectivity index (χ4v) is 3.18. The molecule has 1 unspecified atom stereocenters. The van der Waals surface area contributed by atoms with Gasteiger partial charge in [0.05, 0.1) is 11.6 Å². The van der Waals surface area contributed by atoms with Crippen LogP contribution in [0.5, 0.6) is 0 Å². The fourth-order valence-electron chi connectivity index (χ4n) is 2.70. The molecule has 0 N–H and O–H groups in total. The Morgan fingerprint density at radius 1 is 1.30 bits per heavy atom. The summed E-state index contributed by atoms with van der Waals surface area (Å²) < 4.78 is 0. The van der Waals surface area contributed by atoms with Gasteiger partial charge in [-0.2, -0.15) is 0 Å². The highest BCUT2D eigenvalue weighted by molar-refractivity contribution is 6.35. The second-order valence-electron chi connectivity index (χ2n) is 5.02. The van der Waals surface area contributed by atoms with Crippen molar-refractivity contribution in [3.63, 3.8) is 0 Å². The number of nitrogens with zero attached hydrogens (tertiary/aromatic N) is 1. The van der Waals surface area contributed by atoms with Crippen LogP contribution in [0.4, 0.5) is 0 Å². The Hall–Kier alpha value is -1.38. The molecule has 3 rings (SSSR count). The molecule has 1 aliphatic carbocycles. The van der Waals surface area contributed by atoms with Crippen LogP contribution in [0.25, 0.3) is 0 Å². The van der Waals surface area contributed by atoms with Gasteiger partial charge in [-0.1, -0.05) is 35.3 Å². The van der Waals surface area contributed by atoms with Crippen LogP contribution in [0.3, 0.4) is 0 Å². The number of pyridine rings is 1. The standard InChI is InChI=1S/C16H13Cl2NO/c17-12-5-3-11(14(18)9-12)8-15(20)13-6-4-10-2-1-7-19-16(10)13/h1-3,5,7,9,13H,4,6,8H2. The maximum absolute atomic E-state index is 12.5. The number of carbonyl (C=O) groups is 1. The second kappa shape index (κ2) is 5.55. The Morgan fingerprint density at radius 3 is 2.95 bits per heavy atom. The van der Waals surface area contributed by atoms with E-state index in [0.717, 1.165) is 24.1 Å². The zero-order valence-corrected chi connectivity index (χ0v) is 12.3. The quantitative estimate of drug-likeness (QED) is 0.849. The molecule has 2 aromatic rings. The predicted molar refractivity (Wildman–Crippen MR) is 80.5 cm³/mol. The predicted octanol–water partition coefficient (Wildman–Crippen LogP) is 4.23. The average molecular weight is 306 g/mol. The van der Waals surface area contributed by atoms with Crippen molar-refractivity contribution in [2.24, 2.45) is 0 Å². The highest BCUT2D eigenvalue weighted by Crippen LogP contribution is 2.33. The molecule has 20 heavy (non-hydrogen) atoms. The first-order chi connectivity index (χ1) is 9.65. The van der Waals surface area contributed by atoms with Crippen molar-refractivity contribution < 1.29 is 4.79 Å². The molecule has 1 aromatic carbocycles. The number of hydrogen-bond acceptors (Lipinski definition) is 2. The summed E-state index contributed by atoms with van der Waals surface area (Å²) >= 11 is 12.0. The summed E-state index contributed by atoms with van der Waals surface area (Å²) in [7, 11) is 0. The molecule has 0 aliphatic heterocycles. The molecule has 1 atom stereocenters. The number of Topliss-reactive ketones (excluding diaryl/α,β-unsaturated/α-hetero) is 1. The second-order valence-corrected chi connectivity index (χ2v) is 5.86. The highest BCUT2D eigenvalue weighted by atomic mass is 35.5. The molecule has 0 bridgehead atoms. The molecule has 1 heterocycles. The van der Waals surface area contributed by atoms with Gasteiger partial charge in [0.1, 0.15) is 5.78 Å². The van der Waals surface area contributed by atoms with Gasteiger partial charge in [-0.15, -0.1) is 0 Å². The lowest BCUT2D eigenvalue weighted by Gasteiger charge is -2.10. The number of rotatable bonds is 3. The van der Waals surface area contributed by atoms with E-state index in [4.69, 9.17) is 23.2 Å². The number of halogens is 2. The molecule has 0 radical (unpaired) electrons. The van der Waals surface area contributed by atoms with Crippen LogP contribution >= 0.6 is 23.2 Å². The minimum Gasteiger partial charge on any atom is -0.299 e. The summed E-state index contributed by atoms with van der Waals surface area (Å²) in [6, 6.07) is 9.22. The van der Waals surface area contributed by atoms with Gasteiger partial charge >= 0.3 is 0 Å². The summed E-state index contributed by atoms with van der Waals surface area (Å²) in [5, 5.41) is 1.13. The Morgan fingerprint density at radius 2 is 2.15 bits per heavy atom. The van der Waals surface area contributed by atoms with Crippen LogP contribution in [0.1, 0.15) is 29.2 Å². The van der Waals surface area contributed by atoms with Gasteiger partial charge in [-0.25, -0.2) is 0 Å². The first-order valence-electron chi connectivity index (χ1n) is 6.55. The molecule has 0 saturated carbocycles. The minimum atomic E-state index is -0.0991. The molecule has 1 aromatic heterocycles. The number of aromatic nitrogens is 1. The van der Waals surface area contributed by atoms with Crippen molar-refractivity contribution in [2.75, 3.05) is 0 Å². The molecule has 0 saturated heterocycles. The normalized spacial score (nSPS) is 17.0. The summed E-state index contributed by atoms with van der Waals surface area (Å²) in [4.78, 5) is 16.8. The van der Waals surface area contributed by atoms with E-state index in [1.165, 1.54) is 5.56 Å². The van der Waals surface area contributed by atoms with Crippen LogP contribution in [0.2, 0.25) is 10.0 Å². The Balaban J connectivity index is 1.81. The number of carbonyl (C=O) groups excluding carboxylic acids is 1.